The smallest absolute Gasteiger partial charge is 0.298 e. The molecule has 1 unspecified atom stereocenters. The van der Waals surface area contributed by atoms with Crippen molar-refractivity contribution in [3.63, 3.8) is 0 Å². The molecule has 1 aromatic heterocycles. The molecule has 3 aromatic carbocycles. The third kappa shape index (κ3) is 6.67. The molecule has 9 heteroatoms. The highest BCUT2D eigenvalue weighted by Crippen LogP contribution is 2.38. The Bertz CT molecular complexity index is 1340. The van der Waals surface area contributed by atoms with Crippen LogP contribution in [-0.4, -0.2) is 60.0 Å². The summed E-state index contributed by atoms with van der Waals surface area (Å²) in [7, 11) is 2.14. The number of H-pyrrole nitrogens is 1. The van der Waals surface area contributed by atoms with Crippen LogP contribution in [0.25, 0.3) is 10.9 Å². The molecule has 4 aromatic rings. The van der Waals surface area contributed by atoms with E-state index in [-0.39, 0.29) is 25.2 Å². The van der Waals surface area contributed by atoms with E-state index >= 15 is 0 Å². The second kappa shape index (κ2) is 13.1. The monoisotopic (exact) mass is 556 g/mol. The third-order valence-electron chi connectivity index (χ3n) is 6.53. The Morgan fingerprint density at radius 2 is 1.66 bits per heavy atom. The van der Waals surface area contributed by atoms with Crippen molar-refractivity contribution < 1.29 is 24.5 Å². The zero-order chi connectivity index (χ0) is 27.1. The van der Waals surface area contributed by atoms with Gasteiger partial charge in [-0.05, 0) is 79.2 Å². The molecular weight excluding hydrogens is 527 g/mol. The number of nitrogens with zero attached hydrogens (tertiary/aromatic N) is 1. The van der Waals surface area contributed by atoms with Gasteiger partial charge in [-0.1, -0.05) is 35.3 Å². The fourth-order valence-corrected chi connectivity index (χ4v) is 4.79. The van der Waals surface area contributed by atoms with Crippen molar-refractivity contribution in [2.45, 2.75) is 12.5 Å². The molecule has 1 atom stereocenters. The third-order valence-corrected chi connectivity index (χ3v) is 7.01. The number of carbonyl (C=O) groups excluding carboxylic acids is 1. The van der Waals surface area contributed by atoms with Gasteiger partial charge in [-0.2, -0.15) is 0 Å². The average Bonchev–Trinajstić information content (AvgIpc) is 3.29. The summed E-state index contributed by atoms with van der Waals surface area (Å²) < 4.78 is 10.2. The lowest BCUT2D eigenvalue weighted by molar-refractivity contribution is -0.120. The Morgan fingerprint density at radius 1 is 1.00 bits per heavy atom. The van der Waals surface area contributed by atoms with Gasteiger partial charge in [0.25, 0.3) is 6.47 Å². The first-order valence-electron chi connectivity index (χ1n) is 12.2. The molecule has 38 heavy (non-hydrogen) atoms. The van der Waals surface area contributed by atoms with Gasteiger partial charge in [0, 0.05) is 39.1 Å². The van der Waals surface area contributed by atoms with Gasteiger partial charge in [0.05, 0.1) is 25.9 Å². The number of likely N-dealkylation sites (N-methyl/N-ethyl adjacent to an activating group) is 1. The Kier molecular flexibility index (Phi) is 9.66. The number of aromatic nitrogens is 1. The van der Waals surface area contributed by atoms with E-state index in [0.717, 1.165) is 29.3 Å². The number of hydrogen-bond donors (Lipinski definition) is 3. The molecule has 0 fully saturated rings. The molecule has 200 valence electrons. The van der Waals surface area contributed by atoms with Crippen LogP contribution in [-0.2, 0) is 11.2 Å². The summed E-state index contributed by atoms with van der Waals surface area (Å²) in [5.41, 5.74) is 4.87. The molecule has 0 spiro atoms. The Morgan fingerprint density at radius 3 is 2.32 bits per heavy atom. The molecule has 2 heterocycles. The van der Waals surface area contributed by atoms with Crippen LogP contribution >= 0.6 is 23.2 Å². The highest BCUT2D eigenvalue weighted by atomic mass is 35.5. The van der Waals surface area contributed by atoms with Gasteiger partial charge < -0.3 is 24.7 Å². The van der Waals surface area contributed by atoms with Gasteiger partial charge in [0.2, 0.25) is 0 Å². The zero-order valence-electron chi connectivity index (χ0n) is 20.9. The van der Waals surface area contributed by atoms with Crippen LogP contribution in [0.1, 0.15) is 22.9 Å². The van der Waals surface area contributed by atoms with E-state index < -0.39 is 0 Å². The van der Waals surface area contributed by atoms with Crippen molar-refractivity contribution in [2.24, 2.45) is 5.92 Å². The summed E-state index contributed by atoms with van der Waals surface area (Å²) >= 11 is 11.8. The summed E-state index contributed by atoms with van der Waals surface area (Å²) in [5.74, 6) is 0.974. The Hall–Kier alpha value is -3.07. The minimum absolute atomic E-state index is 0.0887. The highest BCUT2D eigenvalue weighted by Gasteiger charge is 2.29. The van der Waals surface area contributed by atoms with E-state index in [0.29, 0.717) is 23.9 Å². The van der Waals surface area contributed by atoms with Crippen molar-refractivity contribution >= 4 is 40.6 Å². The Balaban J connectivity index is 0.000000283. The number of aliphatic hydroxyl groups excluding tert-OH is 2. The molecule has 0 bridgehead atoms. The van der Waals surface area contributed by atoms with Crippen LogP contribution < -0.4 is 9.47 Å². The van der Waals surface area contributed by atoms with Gasteiger partial charge in [-0.3, -0.25) is 9.69 Å². The molecule has 5 rings (SSSR count). The number of carbonyl (C=O) groups is 1. The summed E-state index contributed by atoms with van der Waals surface area (Å²) in [4.78, 5) is 15.8. The van der Waals surface area contributed by atoms with Gasteiger partial charge in [0.15, 0.2) is 0 Å². The molecule has 0 saturated carbocycles. The first-order chi connectivity index (χ1) is 18.4. The number of rotatable bonds is 8. The minimum atomic E-state index is -0.259. The number of aromatic amines is 1. The second-order valence-electron chi connectivity index (χ2n) is 9.12. The van der Waals surface area contributed by atoms with Crippen LogP contribution in [0.2, 0.25) is 10.0 Å². The fraction of sp³-hybridized carbons (Fsp3) is 0.276. The normalized spacial score (nSPS) is 15.1. The van der Waals surface area contributed by atoms with Gasteiger partial charge in [-0.15, -0.1) is 0 Å². The lowest BCUT2D eigenvalue weighted by Crippen LogP contribution is -2.32. The molecule has 0 aliphatic carbocycles. The van der Waals surface area contributed by atoms with E-state index in [9.17, 15) is 4.79 Å². The van der Waals surface area contributed by atoms with Crippen LogP contribution in [0.3, 0.4) is 0 Å². The molecule has 0 radical (unpaired) electrons. The molecule has 0 amide bonds. The number of halogens is 2. The number of hydrogen-bond acceptors (Lipinski definition) is 6. The zero-order valence-corrected chi connectivity index (χ0v) is 22.5. The lowest BCUT2D eigenvalue weighted by Gasteiger charge is -2.33. The van der Waals surface area contributed by atoms with Gasteiger partial charge >= 0.3 is 0 Å². The number of benzene rings is 3. The van der Waals surface area contributed by atoms with E-state index in [1.807, 2.05) is 30.3 Å². The fourth-order valence-electron chi connectivity index (χ4n) is 4.49. The van der Waals surface area contributed by atoms with Crippen LogP contribution in [0.15, 0.2) is 66.7 Å². The summed E-state index contributed by atoms with van der Waals surface area (Å²) in [5, 5.41) is 20.9. The topological polar surface area (TPSA) is 95.0 Å². The SMILES string of the molecule is CN1CCc2c([nH]c3ccc(Cl)cc23)C1c1ccc(OCC(CO)CO)cc1.O=COc1ccc(Cl)cc1. The average molecular weight is 557 g/mol. The van der Waals surface area contributed by atoms with E-state index in [2.05, 4.69) is 33.8 Å². The minimum Gasteiger partial charge on any atom is -0.493 e. The van der Waals surface area contributed by atoms with Crippen LogP contribution in [0.4, 0.5) is 0 Å². The Labute approximate surface area is 231 Å². The van der Waals surface area contributed by atoms with E-state index in [1.54, 1.807) is 24.3 Å². The number of aliphatic hydroxyl groups is 2. The van der Waals surface area contributed by atoms with E-state index in [1.165, 1.54) is 22.2 Å². The lowest BCUT2D eigenvalue weighted by atomic mass is 9.93. The summed E-state index contributed by atoms with van der Waals surface area (Å²) in [6, 6.07) is 20.8. The van der Waals surface area contributed by atoms with Gasteiger partial charge in [0.1, 0.15) is 11.5 Å². The standard InChI is InChI=1S/C22H25ClN2O3.C7H5ClO2/c1-25-9-8-18-19-10-16(23)4-7-20(19)24-21(18)22(25)15-2-5-17(6-3-15)28-13-14(11-26)12-27;8-6-1-3-7(4-2-6)10-5-9/h2-7,10,14,22,24,26-27H,8-9,11-13H2,1H3;1-5H. The summed E-state index contributed by atoms with van der Waals surface area (Å²) in [6.07, 6.45) is 0.994. The van der Waals surface area contributed by atoms with Crippen LogP contribution in [0.5, 0.6) is 11.5 Å². The molecule has 7 nitrogen and oxygen atoms in total. The predicted octanol–water partition coefficient (Wildman–Crippen LogP) is 5.25. The van der Waals surface area contributed by atoms with Gasteiger partial charge in [-0.25, -0.2) is 0 Å². The number of ether oxygens (including phenoxy) is 2. The van der Waals surface area contributed by atoms with Crippen molar-refractivity contribution in [1.29, 1.82) is 0 Å². The number of nitrogens with one attached hydrogen (secondary N) is 1. The number of fused-ring (bicyclic) bond motifs is 3. The second-order valence-corrected chi connectivity index (χ2v) is 9.99. The largest absolute Gasteiger partial charge is 0.493 e. The maximum absolute atomic E-state index is 9.80. The molecule has 3 N–H and O–H groups in total. The van der Waals surface area contributed by atoms with Crippen LogP contribution in [0, 0.1) is 5.92 Å². The highest BCUT2D eigenvalue weighted by molar-refractivity contribution is 6.31. The molecule has 1 aliphatic heterocycles. The first-order valence-corrected chi connectivity index (χ1v) is 13.0. The molecule has 1 aliphatic rings. The van der Waals surface area contributed by atoms with Crippen molar-refractivity contribution in [1.82, 2.24) is 9.88 Å². The summed E-state index contributed by atoms with van der Waals surface area (Å²) in [6.45, 7) is 1.47. The predicted molar refractivity (Wildman–Crippen MR) is 149 cm³/mol. The van der Waals surface area contributed by atoms with E-state index in [4.69, 9.17) is 38.2 Å². The first kappa shape index (κ1) is 28.0. The molecular formula is C29H30Cl2N2O5. The maximum atomic E-state index is 9.80. The quantitative estimate of drug-likeness (QED) is 0.256. The van der Waals surface area contributed by atoms with Crippen molar-refractivity contribution in [3.8, 4) is 11.5 Å². The molecule has 0 saturated heterocycles. The van der Waals surface area contributed by atoms with Crippen molar-refractivity contribution in [2.75, 3.05) is 33.4 Å². The van der Waals surface area contributed by atoms with Crippen molar-refractivity contribution in [3.05, 3.63) is 93.6 Å². The maximum Gasteiger partial charge on any atom is 0.298 e.